The first-order valence-corrected chi connectivity index (χ1v) is 7.63. The molecule has 0 aliphatic carbocycles. The second-order valence-electron chi connectivity index (χ2n) is 5.20. The Balaban J connectivity index is 1.87. The van der Waals surface area contributed by atoms with Gasteiger partial charge in [-0.15, -0.1) is 0 Å². The summed E-state index contributed by atoms with van der Waals surface area (Å²) in [7, 11) is 0. The summed E-state index contributed by atoms with van der Waals surface area (Å²) in [4.78, 5) is 6.70. The summed E-state index contributed by atoms with van der Waals surface area (Å²) in [5.41, 5.74) is 2.85. The van der Waals surface area contributed by atoms with Crippen LogP contribution in [0.5, 0.6) is 0 Å². The Morgan fingerprint density at radius 1 is 1.09 bits per heavy atom. The van der Waals surface area contributed by atoms with Crippen molar-refractivity contribution in [2.24, 2.45) is 0 Å². The number of fused-ring (bicyclic) bond motifs is 1. The van der Waals surface area contributed by atoms with Crippen LogP contribution in [0.2, 0.25) is 5.15 Å². The van der Waals surface area contributed by atoms with E-state index in [2.05, 4.69) is 15.0 Å². The first-order valence-electron chi connectivity index (χ1n) is 7.25. The molecule has 0 unspecified atom stereocenters. The highest BCUT2D eigenvalue weighted by atomic mass is 35.5. The van der Waals surface area contributed by atoms with E-state index in [0.29, 0.717) is 18.4 Å². The maximum Gasteiger partial charge on any atom is 0.166 e. The summed E-state index contributed by atoms with van der Waals surface area (Å²) >= 11 is 6.25. The predicted molar refractivity (Wildman–Crippen MR) is 86.5 cm³/mol. The van der Waals surface area contributed by atoms with Gasteiger partial charge >= 0.3 is 0 Å². The Morgan fingerprint density at radius 3 is 2.64 bits per heavy atom. The molecule has 3 heterocycles. The Kier molecular flexibility index (Phi) is 3.44. The van der Waals surface area contributed by atoms with Crippen LogP contribution in [-0.2, 0) is 4.74 Å². The molecule has 0 amide bonds. The van der Waals surface area contributed by atoms with Gasteiger partial charge in [0.05, 0.1) is 19.4 Å². The van der Waals surface area contributed by atoms with Crippen LogP contribution in [0.3, 0.4) is 0 Å². The van der Waals surface area contributed by atoms with Gasteiger partial charge in [0.2, 0.25) is 0 Å². The second kappa shape index (κ2) is 5.59. The second-order valence-corrected chi connectivity index (χ2v) is 5.58. The summed E-state index contributed by atoms with van der Waals surface area (Å²) in [6.07, 6.45) is 1.85. The quantitative estimate of drug-likeness (QED) is 0.682. The van der Waals surface area contributed by atoms with Crippen LogP contribution in [0.25, 0.3) is 16.8 Å². The number of anilines is 1. The molecule has 3 aromatic rings. The molecule has 1 aliphatic heterocycles. The van der Waals surface area contributed by atoms with Crippen molar-refractivity contribution >= 4 is 23.1 Å². The standard InChI is InChI=1S/C16H15ClN4O/c17-14-10-15(20-6-8-22-9-7-20)21-16(19-14)13(11-18-21)12-4-2-1-3-5-12/h1-5,10-11H,6-9H2. The SMILES string of the molecule is Clc1cc(N2CCOCC2)n2ncc(-c3ccccc3)c2n1. The van der Waals surface area contributed by atoms with Gasteiger partial charge < -0.3 is 9.64 Å². The van der Waals surface area contributed by atoms with E-state index in [-0.39, 0.29) is 0 Å². The maximum absolute atomic E-state index is 6.25. The highest BCUT2D eigenvalue weighted by molar-refractivity contribution is 6.29. The number of ether oxygens (including phenoxy) is 1. The normalized spacial score (nSPS) is 15.4. The van der Waals surface area contributed by atoms with Crippen molar-refractivity contribution in [3.05, 3.63) is 47.7 Å². The van der Waals surface area contributed by atoms with Gasteiger partial charge in [0.1, 0.15) is 11.0 Å². The van der Waals surface area contributed by atoms with Crippen molar-refractivity contribution < 1.29 is 4.74 Å². The van der Waals surface area contributed by atoms with Gasteiger partial charge in [-0.3, -0.25) is 0 Å². The van der Waals surface area contributed by atoms with Gasteiger partial charge in [0.15, 0.2) is 5.65 Å². The number of halogens is 1. The highest BCUT2D eigenvalue weighted by Crippen LogP contribution is 2.28. The van der Waals surface area contributed by atoms with Gasteiger partial charge in [0.25, 0.3) is 0 Å². The van der Waals surface area contributed by atoms with E-state index in [1.54, 1.807) is 0 Å². The summed E-state index contributed by atoms with van der Waals surface area (Å²) in [5.74, 6) is 0.959. The zero-order valence-electron chi connectivity index (χ0n) is 11.9. The molecule has 1 aromatic carbocycles. The van der Waals surface area contributed by atoms with Crippen LogP contribution in [0.4, 0.5) is 5.82 Å². The first kappa shape index (κ1) is 13.5. The van der Waals surface area contributed by atoms with E-state index >= 15 is 0 Å². The zero-order valence-corrected chi connectivity index (χ0v) is 12.7. The third kappa shape index (κ3) is 2.32. The van der Waals surface area contributed by atoms with Gasteiger partial charge in [-0.1, -0.05) is 41.9 Å². The van der Waals surface area contributed by atoms with Crippen molar-refractivity contribution in [1.29, 1.82) is 0 Å². The van der Waals surface area contributed by atoms with Crippen LogP contribution in [0.15, 0.2) is 42.6 Å². The van der Waals surface area contributed by atoms with Crippen molar-refractivity contribution in [2.75, 3.05) is 31.2 Å². The van der Waals surface area contributed by atoms with E-state index in [1.807, 2.05) is 47.1 Å². The highest BCUT2D eigenvalue weighted by Gasteiger charge is 2.18. The minimum Gasteiger partial charge on any atom is -0.378 e. The average molecular weight is 315 g/mol. The molecule has 1 aliphatic rings. The van der Waals surface area contributed by atoms with Crippen molar-refractivity contribution in [3.63, 3.8) is 0 Å². The van der Waals surface area contributed by atoms with Crippen LogP contribution >= 0.6 is 11.6 Å². The fraction of sp³-hybridized carbons (Fsp3) is 0.250. The summed E-state index contributed by atoms with van der Waals surface area (Å²) < 4.78 is 7.28. The molecule has 5 nitrogen and oxygen atoms in total. The van der Waals surface area contributed by atoms with E-state index < -0.39 is 0 Å². The fourth-order valence-corrected chi connectivity index (χ4v) is 2.94. The minimum absolute atomic E-state index is 0.478. The van der Waals surface area contributed by atoms with Gasteiger partial charge in [-0.05, 0) is 5.56 Å². The Morgan fingerprint density at radius 2 is 1.86 bits per heavy atom. The lowest BCUT2D eigenvalue weighted by molar-refractivity contribution is 0.122. The van der Waals surface area contributed by atoms with Gasteiger partial charge in [-0.2, -0.15) is 9.61 Å². The molecule has 1 saturated heterocycles. The largest absolute Gasteiger partial charge is 0.378 e. The Labute approximate surface area is 133 Å². The van der Waals surface area contributed by atoms with Crippen molar-refractivity contribution in [2.45, 2.75) is 0 Å². The molecule has 22 heavy (non-hydrogen) atoms. The van der Waals surface area contributed by atoms with Crippen molar-refractivity contribution in [3.8, 4) is 11.1 Å². The van der Waals surface area contributed by atoms with Gasteiger partial charge in [-0.25, -0.2) is 4.98 Å². The van der Waals surface area contributed by atoms with Crippen molar-refractivity contribution in [1.82, 2.24) is 14.6 Å². The maximum atomic E-state index is 6.25. The fourth-order valence-electron chi connectivity index (χ4n) is 2.76. The molecule has 0 bridgehead atoms. The first-order chi connectivity index (χ1) is 10.8. The third-order valence-corrected chi connectivity index (χ3v) is 4.04. The summed E-state index contributed by atoms with van der Waals surface area (Å²) in [6.45, 7) is 3.09. The number of morpholine rings is 1. The van der Waals surface area contributed by atoms with Crippen LogP contribution < -0.4 is 4.90 Å². The van der Waals surface area contributed by atoms with E-state index in [1.165, 1.54) is 0 Å². The lowest BCUT2D eigenvalue weighted by Crippen LogP contribution is -2.37. The third-order valence-electron chi connectivity index (χ3n) is 3.84. The molecule has 0 N–H and O–H groups in total. The molecule has 2 aromatic heterocycles. The minimum atomic E-state index is 0.478. The monoisotopic (exact) mass is 314 g/mol. The van der Waals surface area contributed by atoms with Crippen LogP contribution in [0, 0.1) is 0 Å². The molecule has 1 fully saturated rings. The van der Waals surface area contributed by atoms with Gasteiger partial charge in [0, 0.05) is 24.7 Å². The Bertz CT molecular complexity index is 797. The van der Waals surface area contributed by atoms with E-state index in [0.717, 1.165) is 35.7 Å². The summed E-state index contributed by atoms with van der Waals surface area (Å²) in [6, 6.07) is 12.0. The Hall–Kier alpha value is -2.11. The molecule has 0 spiro atoms. The van der Waals surface area contributed by atoms with E-state index in [4.69, 9.17) is 16.3 Å². The molecule has 4 rings (SSSR count). The number of hydrogen-bond donors (Lipinski definition) is 0. The number of aromatic nitrogens is 3. The number of nitrogens with zero attached hydrogens (tertiary/aromatic N) is 4. The smallest absolute Gasteiger partial charge is 0.166 e. The average Bonchev–Trinajstić information content (AvgIpc) is 2.99. The molecule has 0 atom stereocenters. The molecule has 112 valence electrons. The van der Waals surface area contributed by atoms with E-state index in [9.17, 15) is 0 Å². The molecular weight excluding hydrogens is 300 g/mol. The predicted octanol–water partition coefficient (Wildman–Crippen LogP) is 2.89. The lowest BCUT2D eigenvalue weighted by Gasteiger charge is -2.28. The topological polar surface area (TPSA) is 42.7 Å². The number of hydrogen-bond acceptors (Lipinski definition) is 4. The number of benzene rings is 1. The molecular formula is C16H15ClN4O. The number of rotatable bonds is 2. The zero-order chi connectivity index (χ0) is 14.9. The summed E-state index contributed by atoms with van der Waals surface area (Å²) in [5, 5.41) is 5.00. The molecule has 6 heteroatoms. The lowest BCUT2D eigenvalue weighted by atomic mass is 10.1. The molecule has 0 saturated carbocycles. The van der Waals surface area contributed by atoms with Crippen LogP contribution in [0.1, 0.15) is 0 Å². The van der Waals surface area contributed by atoms with Crippen LogP contribution in [-0.4, -0.2) is 40.9 Å². The molecule has 0 radical (unpaired) electrons.